The van der Waals surface area contributed by atoms with Crippen LogP contribution >= 0.6 is 0 Å². The van der Waals surface area contributed by atoms with Crippen LogP contribution in [0, 0.1) is 29.4 Å². The van der Waals surface area contributed by atoms with E-state index in [0.717, 1.165) is 18.9 Å². The van der Waals surface area contributed by atoms with Gasteiger partial charge >= 0.3 is 5.97 Å². The molecule has 1 aromatic carbocycles. The largest absolute Gasteiger partial charge is 0.481 e. The summed E-state index contributed by atoms with van der Waals surface area (Å²) >= 11 is 0. The van der Waals surface area contributed by atoms with Gasteiger partial charge in [0.15, 0.2) is 0 Å². The minimum absolute atomic E-state index is 0.0394. The van der Waals surface area contributed by atoms with E-state index in [1.54, 1.807) is 0 Å². The normalized spacial score (nSPS) is 27.2. The summed E-state index contributed by atoms with van der Waals surface area (Å²) < 4.78 is 26.3. The molecule has 1 aliphatic rings. The minimum Gasteiger partial charge on any atom is -0.481 e. The van der Waals surface area contributed by atoms with Crippen LogP contribution in [0.4, 0.5) is 8.78 Å². The maximum absolute atomic E-state index is 13.2. The van der Waals surface area contributed by atoms with Gasteiger partial charge in [-0.3, -0.25) is 4.79 Å². The molecule has 1 aromatic rings. The number of hydrogen-bond donors (Lipinski definition) is 1. The molecular formula is C15H18F2O2. The van der Waals surface area contributed by atoms with Gasteiger partial charge in [-0.05, 0) is 55.2 Å². The van der Waals surface area contributed by atoms with Crippen molar-refractivity contribution in [2.24, 2.45) is 17.8 Å². The molecule has 0 aliphatic heterocycles. The van der Waals surface area contributed by atoms with Gasteiger partial charge in [-0.15, -0.1) is 0 Å². The van der Waals surface area contributed by atoms with Gasteiger partial charge in [0.1, 0.15) is 11.6 Å². The van der Waals surface area contributed by atoms with E-state index >= 15 is 0 Å². The molecule has 1 saturated carbocycles. The molecule has 104 valence electrons. The van der Waals surface area contributed by atoms with Crippen LogP contribution in [0.1, 0.15) is 31.7 Å². The molecule has 3 unspecified atom stereocenters. The lowest BCUT2D eigenvalue weighted by Crippen LogP contribution is -2.31. The van der Waals surface area contributed by atoms with Crippen LogP contribution in [0.15, 0.2) is 18.2 Å². The van der Waals surface area contributed by atoms with Gasteiger partial charge in [0.25, 0.3) is 0 Å². The second kappa shape index (κ2) is 5.68. The average molecular weight is 268 g/mol. The molecule has 0 bridgehead atoms. The summed E-state index contributed by atoms with van der Waals surface area (Å²) in [5.74, 6) is -1.98. The zero-order valence-corrected chi connectivity index (χ0v) is 10.9. The molecule has 0 radical (unpaired) electrons. The first-order valence-corrected chi connectivity index (χ1v) is 6.63. The van der Waals surface area contributed by atoms with E-state index in [0.29, 0.717) is 24.3 Å². The van der Waals surface area contributed by atoms with Gasteiger partial charge < -0.3 is 5.11 Å². The first-order chi connectivity index (χ1) is 8.95. The van der Waals surface area contributed by atoms with Crippen LogP contribution in [-0.4, -0.2) is 11.1 Å². The van der Waals surface area contributed by atoms with Gasteiger partial charge in [0, 0.05) is 6.07 Å². The summed E-state index contributed by atoms with van der Waals surface area (Å²) in [5.41, 5.74) is 0.544. The van der Waals surface area contributed by atoms with Gasteiger partial charge in [0.05, 0.1) is 5.92 Å². The third-order valence-corrected chi connectivity index (χ3v) is 3.98. The van der Waals surface area contributed by atoms with Crippen LogP contribution in [0.2, 0.25) is 0 Å². The molecule has 1 aliphatic carbocycles. The van der Waals surface area contributed by atoms with E-state index in [1.165, 1.54) is 12.1 Å². The van der Waals surface area contributed by atoms with E-state index in [4.69, 9.17) is 0 Å². The zero-order chi connectivity index (χ0) is 14.0. The molecule has 1 N–H and O–H groups in total. The van der Waals surface area contributed by atoms with Crippen molar-refractivity contribution >= 4 is 5.97 Å². The van der Waals surface area contributed by atoms with E-state index in [1.807, 2.05) is 0 Å². The highest BCUT2D eigenvalue weighted by Gasteiger charge is 2.33. The smallest absolute Gasteiger partial charge is 0.306 e. The summed E-state index contributed by atoms with van der Waals surface area (Å²) in [7, 11) is 0. The third kappa shape index (κ3) is 3.52. The predicted molar refractivity (Wildman–Crippen MR) is 67.7 cm³/mol. The predicted octanol–water partition coefficient (Wildman–Crippen LogP) is 3.64. The SMILES string of the molecule is CC1CCC(C(=O)O)C(Cc2cc(F)cc(F)c2)C1. The van der Waals surface area contributed by atoms with Gasteiger partial charge in [-0.2, -0.15) is 0 Å². The molecule has 3 atom stereocenters. The van der Waals surface area contributed by atoms with Crippen LogP contribution in [0.5, 0.6) is 0 Å². The second-order valence-corrected chi connectivity index (χ2v) is 5.60. The van der Waals surface area contributed by atoms with Crippen LogP contribution in [0.3, 0.4) is 0 Å². The van der Waals surface area contributed by atoms with E-state index < -0.39 is 23.5 Å². The Morgan fingerprint density at radius 3 is 2.47 bits per heavy atom. The third-order valence-electron chi connectivity index (χ3n) is 3.98. The van der Waals surface area contributed by atoms with Crippen molar-refractivity contribution < 1.29 is 18.7 Å². The number of rotatable bonds is 3. The molecule has 19 heavy (non-hydrogen) atoms. The maximum Gasteiger partial charge on any atom is 0.306 e. The summed E-state index contributed by atoms with van der Waals surface area (Å²) in [6, 6.07) is 3.42. The highest BCUT2D eigenvalue weighted by molar-refractivity contribution is 5.70. The topological polar surface area (TPSA) is 37.3 Å². The van der Waals surface area contributed by atoms with Crippen LogP contribution < -0.4 is 0 Å². The fraction of sp³-hybridized carbons (Fsp3) is 0.533. The van der Waals surface area contributed by atoms with Crippen LogP contribution in [-0.2, 0) is 11.2 Å². The molecule has 0 spiro atoms. The van der Waals surface area contributed by atoms with E-state index in [2.05, 4.69) is 6.92 Å². The molecule has 0 heterocycles. The monoisotopic (exact) mass is 268 g/mol. The van der Waals surface area contributed by atoms with Crippen molar-refractivity contribution in [1.82, 2.24) is 0 Å². The fourth-order valence-electron chi connectivity index (χ4n) is 3.08. The standard InChI is InChI=1S/C15H18F2O2/c1-9-2-3-14(15(18)19)11(4-9)5-10-6-12(16)8-13(17)7-10/h6-9,11,14H,2-5H2,1H3,(H,18,19). The lowest BCUT2D eigenvalue weighted by molar-refractivity contribution is -0.145. The lowest BCUT2D eigenvalue weighted by atomic mass is 9.72. The zero-order valence-electron chi connectivity index (χ0n) is 10.9. The Hall–Kier alpha value is -1.45. The Balaban J connectivity index is 2.16. The number of hydrogen-bond acceptors (Lipinski definition) is 1. The molecule has 0 amide bonds. The molecule has 2 nitrogen and oxygen atoms in total. The second-order valence-electron chi connectivity index (χ2n) is 5.60. The number of benzene rings is 1. The van der Waals surface area contributed by atoms with Crippen molar-refractivity contribution in [3.05, 3.63) is 35.4 Å². The van der Waals surface area contributed by atoms with Crippen molar-refractivity contribution in [3.63, 3.8) is 0 Å². The first-order valence-electron chi connectivity index (χ1n) is 6.63. The average Bonchev–Trinajstić information content (AvgIpc) is 2.26. The maximum atomic E-state index is 13.2. The Bertz CT molecular complexity index is 453. The Morgan fingerprint density at radius 2 is 1.89 bits per heavy atom. The number of aliphatic carboxylic acids is 1. The molecule has 0 saturated heterocycles. The summed E-state index contributed by atoms with van der Waals surface area (Å²) in [5, 5.41) is 9.23. The van der Waals surface area contributed by atoms with Gasteiger partial charge in [-0.1, -0.05) is 6.92 Å². The van der Waals surface area contributed by atoms with Crippen molar-refractivity contribution in [2.45, 2.75) is 32.6 Å². The number of halogens is 2. The Labute approximate surface area is 111 Å². The van der Waals surface area contributed by atoms with Gasteiger partial charge in [0.2, 0.25) is 0 Å². The molecule has 0 aromatic heterocycles. The number of carboxylic acids is 1. The Kier molecular flexibility index (Phi) is 4.17. The molecular weight excluding hydrogens is 250 g/mol. The fourth-order valence-corrected chi connectivity index (χ4v) is 3.08. The van der Waals surface area contributed by atoms with E-state index in [9.17, 15) is 18.7 Å². The quantitative estimate of drug-likeness (QED) is 0.908. The summed E-state index contributed by atoms with van der Waals surface area (Å²) in [6.07, 6.45) is 2.79. The number of carboxylic acid groups (broad SMARTS) is 1. The van der Waals surface area contributed by atoms with Crippen LogP contribution in [0.25, 0.3) is 0 Å². The minimum atomic E-state index is -0.797. The molecule has 2 rings (SSSR count). The highest BCUT2D eigenvalue weighted by atomic mass is 19.1. The number of carbonyl (C=O) groups is 1. The lowest BCUT2D eigenvalue weighted by Gasteiger charge is -2.32. The first kappa shape index (κ1) is 14.0. The van der Waals surface area contributed by atoms with Crippen molar-refractivity contribution in [3.8, 4) is 0 Å². The summed E-state index contributed by atoms with van der Waals surface area (Å²) in [4.78, 5) is 11.2. The highest BCUT2D eigenvalue weighted by Crippen LogP contribution is 2.36. The van der Waals surface area contributed by atoms with Crippen molar-refractivity contribution in [2.75, 3.05) is 0 Å². The van der Waals surface area contributed by atoms with E-state index in [-0.39, 0.29) is 5.92 Å². The summed E-state index contributed by atoms with van der Waals surface area (Å²) in [6.45, 7) is 2.09. The molecule has 4 heteroatoms. The van der Waals surface area contributed by atoms with Crippen molar-refractivity contribution in [1.29, 1.82) is 0 Å². The molecule has 1 fully saturated rings. The van der Waals surface area contributed by atoms with Gasteiger partial charge in [-0.25, -0.2) is 8.78 Å². The Morgan fingerprint density at radius 1 is 1.26 bits per heavy atom.